The lowest BCUT2D eigenvalue weighted by Crippen LogP contribution is -2.62. The Morgan fingerprint density at radius 1 is 1.39 bits per heavy atom. The number of ether oxygens (including phenoxy) is 2. The van der Waals surface area contributed by atoms with Gasteiger partial charge in [-0.1, -0.05) is 6.07 Å². The Hall–Kier alpha value is -3.59. The molecule has 2 aromatic heterocycles. The van der Waals surface area contributed by atoms with Crippen LogP contribution in [0.3, 0.4) is 0 Å². The number of carbonyl (C=O) groups is 2. The zero-order valence-electron chi connectivity index (χ0n) is 20.1. The van der Waals surface area contributed by atoms with E-state index in [0.717, 1.165) is 24.8 Å². The molecule has 2 fully saturated rings. The van der Waals surface area contributed by atoms with Gasteiger partial charge < -0.3 is 20.5 Å². The number of pyridine rings is 2. The Labute approximate surface area is 209 Å². The number of rotatable bonds is 8. The van der Waals surface area contributed by atoms with Gasteiger partial charge in [-0.3, -0.25) is 15.0 Å². The summed E-state index contributed by atoms with van der Waals surface area (Å²) in [6, 6.07) is 6.77. The SMILES string of the molecule is COC1CCCC1Nc1cc(NC(=O)N2c3nc(C=O)ccc3C3(OCCN)CC2C3)ncc1C#N. The highest BCUT2D eigenvalue weighted by atomic mass is 16.5. The van der Waals surface area contributed by atoms with E-state index in [4.69, 9.17) is 15.2 Å². The molecular formula is C25H29N7O4. The molecule has 2 aliphatic heterocycles. The van der Waals surface area contributed by atoms with E-state index >= 15 is 0 Å². The van der Waals surface area contributed by atoms with Crippen LogP contribution in [0, 0.1) is 11.3 Å². The Morgan fingerprint density at radius 2 is 2.22 bits per heavy atom. The van der Waals surface area contributed by atoms with Gasteiger partial charge in [0, 0.05) is 50.4 Å². The van der Waals surface area contributed by atoms with Crippen molar-refractivity contribution in [2.45, 2.75) is 55.9 Å². The second-order valence-electron chi connectivity index (χ2n) is 9.40. The Morgan fingerprint density at radius 3 is 2.94 bits per heavy atom. The van der Waals surface area contributed by atoms with Gasteiger partial charge in [-0.25, -0.2) is 14.8 Å². The molecule has 2 bridgehead atoms. The van der Waals surface area contributed by atoms with Crippen molar-refractivity contribution >= 4 is 29.6 Å². The normalized spacial score (nSPS) is 25.9. The summed E-state index contributed by atoms with van der Waals surface area (Å²) in [5.41, 5.74) is 7.07. The lowest BCUT2D eigenvalue weighted by atomic mass is 9.67. The van der Waals surface area contributed by atoms with E-state index in [1.165, 1.54) is 6.20 Å². The van der Waals surface area contributed by atoms with E-state index in [-0.39, 0.29) is 23.9 Å². The van der Waals surface area contributed by atoms with Crippen molar-refractivity contribution < 1.29 is 19.1 Å². The van der Waals surface area contributed by atoms with Crippen molar-refractivity contribution in [1.82, 2.24) is 9.97 Å². The van der Waals surface area contributed by atoms with Gasteiger partial charge in [-0.15, -0.1) is 0 Å². The molecule has 2 unspecified atom stereocenters. The summed E-state index contributed by atoms with van der Waals surface area (Å²) < 4.78 is 11.6. The van der Waals surface area contributed by atoms with E-state index in [9.17, 15) is 14.9 Å². The van der Waals surface area contributed by atoms with Crippen molar-refractivity contribution in [2.75, 3.05) is 35.8 Å². The van der Waals surface area contributed by atoms with Gasteiger partial charge in [0.15, 0.2) is 6.29 Å². The highest BCUT2D eigenvalue weighted by molar-refractivity contribution is 6.03. The molecule has 2 amide bonds. The molecule has 0 radical (unpaired) electrons. The van der Waals surface area contributed by atoms with E-state index in [1.807, 2.05) is 0 Å². The predicted molar refractivity (Wildman–Crippen MR) is 132 cm³/mol. The number of urea groups is 1. The predicted octanol–water partition coefficient (Wildman–Crippen LogP) is 2.53. The largest absolute Gasteiger partial charge is 0.379 e. The van der Waals surface area contributed by atoms with Crippen LogP contribution >= 0.6 is 0 Å². The van der Waals surface area contributed by atoms with Crippen molar-refractivity contribution in [2.24, 2.45) is 5.73 Å². The highest BCUT2D eigenvalue weighted by Gasteiger charge is 2.57. The van der Waals surface area contributed by atoms with Gasteiger partial charge in [0.25, 0.3) is 0 Å². The quantitative estimate of drug-likeness (QED) is 0.472. The van der Waals surface area contributed by atoms with Gasteiger partial charge in [0.2, 0.25) is 0 Å². The number of nitriles is 1. The Bertz CT molecular complexity index is 1210. The maximum atomic E-state index is 13.5. The number of nitrogens with one attached hydrogen (secondary N) is 2. The summed E-state index contributed by atoms with van der Waals surface area (Å²) >= 11 is 0. The average molecular weight is 492 g/mol. The van der Waals surface area contributed by atoms with Gasteiger partial charge in [-0.2, -0.15) is 5.26 Å². The number of aromatic nitrogens is 2. The van der Waals surface area contributed by atoms with Crippen LogP contribution < -0.4 is 21.3 Å². The topological polar surface area (TPSA) is 155 Å². The first kappa shape index (κ1) is 24.1. The lowest BCUT2D eigenvalue weighted by Gasteiger charge is -2.56. The molecule has 0 saturated heterocycles. The van der Waals surface area contributed by atoms with E-state index in [1.54, 1.807) is 30.2 Å². The van der Waals surface area contributed by atoms with Crippen LogP contribution in [0.15, 0.2) is 24.4 Å². The highest BCUT2D eigenvalue weighted by Crippen LogP contribution is 2.55. The minimum Gasteiger partial charge on any atom is -0.379 e. The number of anilines is 3. The van der Waals surface area contributed by atoms with Crippen molar-refractivity contribution in [3.8, 4) is 6.07 Å². The maximum absolute atomic E-state index is 13.5. The standard InChI is InChI=1S/C25H29N7O4/c1-35-21-4-2-3-19(21)30-20-9-22(28-13-15(20)12-27)31-24(34)32-17-10-25(11-17,36-8-7-26)18-6-5-16(14-33)29-23(18)32/h5-6,9,13-14,17,19,21H,2-4,7-8,10-11,26H2,1H3,(H2,28,30,31,34). The molecule has 4 heterocycles. The van der Waals surface area contributed by atoms with Crippen molar-refractivity contribution in [3.05, 3.63) is 41.2 Å². The van der Waals surface area contributed by atoms with Crippen molar-refractivity contribution in [3.63, 3.8) is 0 Å². The summed E-state index contributed by atoms with van der Waals surface area (Å²) in [5.74, 6) is 0.703. The second-order valence-corrected chi connectivity index (χ2v) is 9.40. The van der Waals surface area contributed by atoms with Crippen LogP contribution in [0.1, 0.15) is 53.7 Å². The maximum Gasteiger partial charge on any atom is 0.328 e. The minimum atomic E-state index is -0.548. The molecule has 2 atom stereocenters. The van der Waals surface area contributed by atoms with E-state index in [2.05, 4.69) is 26.7 Å². The first-order valence-electron chi connectivity index (χ1n) is 12.1. The van der Waals surface area contributed by atoms with Crippen LogP contribution in [0.25, 0.3) is 0 Å². The number of hydrogen-bond acceptors (Lipinski definition) is 9. The fourth-order valence-electron chi connectivity index (χ4n) is 5.53. The van der Waals surface area contributed by atoms with Gasteiger partial charge in [0.05, 0.1) is 30.0 Å². The number of methoxy groups -OCH3 is 1. The molecule has 6 rings (SSSR count). The molecule has 4 N–H and O–H groups in total. The number of nitrogens with two attached hydrogens (primary N) is 1. The van der Waals surface area contributed by atoms with Gasteiger partial charge in [-0.05, 0) is 25.3 Å². The number of aldehydes is 1. The molecule has 2 aromatic rings. The first-order chi connectivity index (χ1) is 17.5. The van der Waals surface area contributed by atoms with Crippen LogP contribution in [0.2, 0.25) is 0 Å². The molecule has 2 aliphatic carbocycles. The van der Waals surface area contributed by atoms with E-state index in [0.29, 0.717) is 55.2 Å². The monoisotopic (exact) mass is 491 g/mol. The zero-order valence-corrected chi connectivity index (χ0v) is 20.1. The van der Waals surface area contributed by atoms with Crippen LogP contribution in [0.5, 0.6) is 0 Å². The average Bonchev–Trinajstić information content (AvgIpc) is 3.33. The lowest BCUT2D eigenvalue weighted by molar-refractivity contribution is -0.119. The summed E-state index contributed by atoms with van der Waals surface area (Å²) in [5, 5.41) is 15.8. The van der Waals surface area contributed by atoms with E-state index < -0.39 is 11.6 Å². The molecule has 2 saturated carbocycles. The second kappa shape index (κ2) is 9.81. The summed E-state index contributed by atoms with van der Waals surface area (Å²) in [7, 11) is 1.69. The Balaban J connectivity index is 1.40. The Kier molecular flexibility index (Phi) is 6.57. The minimum absolute atomic E-state index is 0.0612. The molecule has 36 heavy (non-hydrogen) atoms. The smallest absolute Gasteiger partial charge is 0.328 e. The van der Waals surface area contributed by atoms with Gasteiger partial charge >= 0.3 is 6.03 Å². The van der Waals surface area contributed by atoms with Crippen LogP contribution in [-0.4, -0.2) is 60.7 Å². The number of carbonyl (C=O) groups excluding carboxylic acids is 2. The number of nitrogens with zero attached hydrogens (tertiary/aromatic N) is 4. The first-order valence-corrected chi connectivity index (χ1v) is 12.1. The summed E-state index contributed by atoms with van der Waals surface area (Å²) in [6.07, 6.45) is 6.30. The molecule has 0 spiro atoms. The molecular weight excluding hydrogens is 462 g/mol. The number of amides is 2. The molecule has 0 aromatic carbocycles. The van der Waals surface area contributed by atoms with Crippen molar-refractivity contribution in [1.29, 1.82) is 5.26 Å². The van der Waals surface area contributed by atoms with Crippen LogP contribution in [0.4, 0.5) is 22.1 Å². The number of hydrogen-bond donors (Lipinski definition) is 3. The summed E-state index contributed by atoms with van der Waals surface area (Å²) in [6.45, 7) is 0.780. The zero-order chi connectivity index (χ0) is 25.3. The summed E-state index contributed by atoms with van der Waals surface area (Å²) in [4.78, 5) is 35.2. The van der Waals surface area contributed by atoms with Crippen LogP contribution in [-0.2, 0) is 15.1 Å². The third-order valence-electron chi connectivity index (χ3n) is 7.30. The molecule has 188 valence electrons. The third-order valence-corrected chi connectivity index (χ3v) is 7.30. The fourth-order valence-corrected chi connectivity index (χ4v) is 5.53. The molecule has 11 nitrogen and oxygen atoms in total. The van der Waals surface area contributed by atoms with Gasteiger partial charge in [0.1, 0.15) is 29.0 Å². The third kappa shape index (κ3) is 4.17. The molecule has 4 aliphatic rings. The molecule has 11 heteroatoms. The fraction of sp³-hybridized carbons (Fsp3) is 0.480.